The highest BCUT2D eigenvalue weighted by molar-refractivity contribution is 5.69. The third-order valence-electron chi connectivity index (χ3n) is 4.48. The summed E-state index contributed by atoms with van der Waals surface area (Å²) < 4.78 is 5.86. The fourth-order valence-corrected chi connectivity index (χ4v) is 3.09. The Labute approximate surface area is 145 Å². The van der Waals surface area contributed by atoms with Crippen molar-refractivity contribution in [3.63, 3.8) is 0 Å². The van der Waals surface area contributed by atoms with Crippen molar-refractivity contribution in [1.82, 2.24) is 4.90 Å². The molecule has 1 fully saturated rings. The quantitative estimate of drug-likeness (QED) is 0.519. The lowest BCUT2D eigenvalue weighted by Crippen LogP contribution is -2.31. The molecule has 2 aromatic rings. The van der Waals surface area contributed by atoms with Gasteiger partial charge in [-0.3, -0.25) is 0 Å². The van der Waals surface area contributed by atoms with Gasteiger partial charge in [-0.05, 0) is 55.6 Å². The first-order valence-electron chi connectivity index (χ1n) is 9.08. The first-order chi connectivity index (χ1) is 11.9. The van der Waals surface area contributed by atoms with Crippen LogP contribution in [0, 0.1) is 0 Å². The van der Waals surface area contributed by atoms with Crippen molar-refractivity contribution in [3.05, 3.63) is 65.7 Å². The van der Waals surface area contributed by atoms with Gasteiger partial charge in [0.05, 0.1) is 6.61 Å². The molecule has 0 amide bonds. The highest BCUT2D eigenvalue weighted by Crippen LogP contribution is 2.15. The van der Waals surface area contributed by atoms with Crippen LogP contribution in [0.5, 0.6) is 5.75 Å². The maximum atomic E-state index is 5.86. The molecular weight excluding hydrogens is 294 g/mol. The van der Waals surface area contributed by atoms with Gasteiger partial charge in [0.2, 0.25) is 0 Å². The summed E-state index contributed by atoms with van der Waals surface area (Å²) >= 11 is 0. The third kappa shape index (κ3) is 5.54. The van der Waals surface area contributed by atoms with E-state index < -0.39 is 0 Å². The summed E-state index contributed by atoms with van der Waals surface area (Å²) in [5.41, 5.74) is 2.41. The molecule has 0 N–H and O–H groups in total. The van der Waals surface area contributed by atoms with Crippen LogP contribution in [-0.2, 0) is 0 Å². The molecule has 0 saturated carbocycles. The minimum atomic E-state index is 0.801. The smallest absolute Gasteiger partial charge is 0.119 e. The van der Waals surface area contributed by atoms with E-state index in [-0.39, 0.29) is 0 Å². The molecule has 0 unspecified atom stereocenters. The van der Waals surface area contributed by atoms with Crippen LogP contribution in [0.2, 0.25) is 0 Å². The number of nitrogens with zero attached hydrogens (tertiary/aromatic N) is 1. The van der Waals surface area contributed by atoms with Gasteiger partial charge >= 0.3 is 0 Å². The third-order valence-corrected chi connectivity index (χ3v) is 4.48. The Morgan fingerprint density at radius 1 is 0.792 bits per heavy atom. The second-order valence-electron chi connectivity index (χ2n) is 6.42. The van der Waals surface area contributed by atoms with E-state index in [1.165, 1.54) is 43.5 Å². The lowest BCUT2D eigenvalue weighted by Gasteiger charge is -2.26. The standard InChI is InChI=1S/C22H27NO/c1-3-8-20(9-4-1)10-11-21-12-14-22(15-13-21)24-19-7-18-23-16-5-2-6-17-23/h1,3-4,8-15H,2,5-7,16-19H2. The van der Waals surface area contributed by atoms with E-state index in [0.29, 0.717) is 0 Å². The summed E-state index contributed by atoms with van der Waals surface area (Å²) in [6.45, 7) is 4.50. The van der Waals surface area contributed by atoms with Gasteiger partial charge < -0.3 is 9.64 Å². The summed E-state index contributed by atoms with van der Waals surface area (Å²) in [4.78, 5) is 2.56. The number of likely N-dealkylation sites (tertiary alicyclic amines) is 1. The average molecular weight is 321 g/mol. The van der Waals surface area contributed by atoms with Gasteiger partial charge in [-0.15, -0.1) is 0 Å². The zero-order chi connectivity index (χ0) is 16.5. The summed E-state index contributed by atoms with van der Waals surface area (Å²) in [5.74, 6) is 0.963. The summed E-state index contributed by atoms with van der Waals surface area (Å²) in [6.07, 6.45) is 9.50. The highest BCUT2D eigenvalue weighted by Gasteiger charge is 2.08. The Kier molecular flexibility index (Phi) is 6.50. The zero-order valence-corrected chi connectivity index (χ0v) is 14.4. The number of hydrogen-bond acceptors (Lipinski definition) is 2. The van der Waals surface area contributed by atoms with Crippen LogP contribution >= 0.6 is 0 Å². The van der Waals surface area contributed by atoms with Crippen molar-refractivity contribution in [3.8, 4) is 5.75 Å². The minimum Gasteiger partial charge on any atom is -0.494 e. The van der Waals surface area contributed by atoms with E-state index in [2.05, 4.69) is 65.6 Å². The topological polar surface area (TPSA) is 12.5 Å². The van der Waals surface area contributed by atoms with E-state index in [1.54, 1.807) is 0 Å². The molecule has 0 spiro atoms. The van der Waals surface area contributed by atoms with E-state index in [9.17, 15) is 0 Å². The van der Waals surface area contributed by atoms with Crippen molar-refractivity contribution < 1.29 is 4.74 Å². The van der Waals surface area contributed by atoms with Crippen LogP contribution in [0.25, 0.3) is 12.2 Å². The first kappa shape index (κ1) is 16.8. The molecule has 0 aliphatic carbocycles. The molecule has 0 atom stereocenters. The monoisotopic (exact) mass is 321 g/mol. The van der Waals surface area contributed by atoms with Crippen LogP contribution in [-0.4, -0.2) is 31.1 Å². The summed E-state index contributed by atoms with van der Waals surface area (Å²) in [5, 5.41) is 0. The van der Waals surface area contributed by atoms with Gasteiger partial charge in [0.25, 0.3) is 0 Å². The van der Waals surface area contributed by atoms with Gasteiger partial charge in [0.1, 0.15) is 5.75 Å². The van der Waals surface area contributed by atoms with E-state index in [1.807, 2.05) is 6.07 Å². The van der Waals surface area contributed by atoms with Gasteiger partial charge in [0, 0.05) is 6.54 Å². The fraction of sp³-hybridized carbons (Fsp3) is 0.364. The summed E-state index contributed by atoms with van der Waals surface area (Å²) in [7, 11) is 0. The Morgan fingerprint density at radius 3 is 2.17 bits per heavy atom. The SMILES string of the molecule is C(=Cc1ccc(OCCCN2CCCCC2)cc1)c1ccccc1. The van der Waals surface area contributed by atoms with Gasteiger partial charge in [-0.2, -0.15) is 0 Å². The molecule has 0 radical (unpaired) electrons. The Morgan fingerprint density at radius 2 is 1.46 bits per heavy atom. The van der Waals surface area contributed by atoms with Crippen LogP contribution in [0.15, 0.2) is 54.6 Å². The number of benzene rings is 2. The van der Waals surface area contributed by atoms with Gasteiger partial charge in [0.15, 0.2) is 0 Å². The molecule has 126 valence electrons. The molecule has 2 heteroatoms. The van der Waals surface area contributed by atoms with Gasteiger partial charge in [-0.25, -0.2) is 0 Å². The number of ether oxygens (including phenoxy) is 1. The molecule has 3 rings (SSSR count). The maximum Gasteiger partial charge on any atom is 0.119 e. The lowest BCUT2D eigenvalue weighted by molar-refractivity contribution is 0.205. The Balaban J connectivity index is 1.40. The maximum absolute atomic E-state index is 5.86. The Hall–Kier alpha value is -2.06. The van der Waals surface area contributed by atoms with Gasteiger partial charge in [-0.1, -0.05) is 61.0 Å². The molecule has 0 bridgehead atoms. The van der Waals surface area contributed by atoms with E-state index >= 15 is 0 Å². The second kappa shape index (κ2) is 9.29. The van der Waals surface area contributed by atoms with Crippen molar-refractivity contribution in [2.75, 3.05) is 26.2 Å². The number of rotatable bonds is 7. The second-order valence-corrected chi connectivity index (χ2v) is 6.42. The largest absolute Gasteiger partial charge is 0.494 e. The molecule has 1 heterocycles. The zero-order valence-electron chi connectivity index (χ0n) is 14.4. The van der Waals surface area contributed by atoms with Crippen molar-refractivity contribution in [2.24, 2.45) is 0 Å². The first-order valence-corrected chi connectivity index (χ1v) is 9.08. The molecule has 24 heavy (non-hydrogen) atoms. The lowest BCUT2D eigenvalue weighted by atomic mass is 10.1. The fourth-order valence-electron chi connectivity index (χ4n) is 3.09. The molecule has 1 saturated heterocycles. The van der Waals surface area contributed by atoms with E-state index in [4.69, 9.17) is 4.74 Å². The molecule has 2 nitrogen and oxygen atoms in total. The van der Waals surface area contributed by atoms with E-state index in [0.717, 1.165) is 25.3 Å². The average Bonchev–Trinajstić information content (AvgIpc) is 2.66. The molecule has 0 aromatic heterocycles. The predicted molar refractivity (Wildman–Crippen MR) is 102 cm³/mol. The number of hydrogen-bond donors (Lipinski definition) is 0. The molecule has 1 aliphatic rings. The van der Waals surface area contributed by atoms with Crippen molar-refractivity contribution >= 4 is 12.2 Å². The predicted octanol–water partition coefficient (Wildman–Crippen LogP) is 5.11. The Bertz CT molecular complexity index is 612. The molecule has 1 aliphatic heterocycles. The van der Waals surface area contributed by atoms with Crippen LogP contribution in [0.3, 0.4) is 0 Å². The van der Waals surface area contributed by atoms with Crippen LogP contribution < -0.4 is 4.74 Å². The number of piperidine rings is 1. The highest BCUT2D eigenvalue weighted by atomic mass is 16.5. The van der Waals surface area contributed by atoms with Crippen LogP contribution in [0.4, 0.5) is 0 Å². The molecule has 2 aromatic carbocycles. The van der Waals surface area contributed by atoms with Crippen molar-refractivity contribution in [1.29, 1.82) is 0 Å². The summed E-state index contributed by atoms with van der Waals surface area (Å²) in [6, 6.07) is 18.7. The van der Waals surface area contributed by atoms with Crippen molar-refractivity contribution in [2.45, 2.75) is 25.7 Å². The molecular formula is C22H27NO. The normalized spacial score (nSPS) is 15.7. The van der Waals surface area contributed by atoms with Crippen LogP contribution in [0.1, 0.15) is 36.8 Å². The minimum absolute atomic E-state index is 0.801.